The zero-order valence-corrected chi connectivity index (χ0v) is 16.4. The SMILES string of the molecule is CCc1nc(-c2c(C)c3cnc(S(C)=O)nc3n(C3CCCC3)c2=O)no1. The maximum Gasteiger partial charge on any atom is 0.263 e. The number of rotatable bonds is 4. The van der Waals surface area contributed by atoms with E-state index in [1.165, 1.54) is 6.26 Å². The first-order valence-corrected chi connectivity index (χ1v) is 10.6. The summed E-state index contributed by atoms with van der Waals surface area (Å²) in [6.45, 7) is 3.76. The number of fused-ring (bicyclic) bond motifs is 1. The molecule has 1 atom stereocenters. The highest BCUT2D eigenvalue weighted by molar-refractivity contribution is 7.84. The Bertz CT molecular complexity index is 1100. The fourth-order valence-corrected chi connectivity index (χ4v) is 4.14. The van der Waals surface area contributed by atoms with Crippen LogP contribution in [-0.2, 0) is 17.2 Å². The molecule has 9 heteroatoms. The molecule has 8 nitrogen and oxygen atoms in total. The van der Waals surface area contributed by atoms with Crippen LogP contribution in [0.5, 0.6) is 0 Å². The van der Waals surface area contributed by atoms with Crippen LogP contribution in [0.25, 0.3) is 22.4 Å². The quantitative estimate of drug-likeness (QED) is 0.634. The zero-order valence-electron chi connectivity index (χ0n) is 15.6. The molecule has 0 spiro atoms. The van der Waals surface area contributed by atoms with Crippen molar-refractivity contribution >= 4 is 21.8 Å². The molecule has 3 aromatic rings. The lowest BCUT2D eigenvalue weighted by atomic mass is 10.1. The molecular formula is C18H21N5O3S. The van der Waals surface area contributed by atoms with Crippen molar-refractivity contribution in [2.75, 3.05) is 6.26 Å². The Hall–Kier alpha value is -2.42. The minimum Gasteiger partial charge on any atom is -0.339 e. The van der Waals surface area contributed by atoms with Gasteiger partial charge in [-0.25, -0.2) is 9.97 Å². The first-order valence-electron chi connectivity index (χ1n) is 9.09. The molecule has 1 aliphatic carbocycles. The van der Waals surface area contributed by atoms with E-state index in [9.17, 15) is 9.00 Å². The average molecular weight is 387 g/mol. The van der Waals surface area contributed by atoms with Gasteiger partial charge in [-0.15, -0.1) is 0 Å². The normalized spacial score (nSPS) is 16.3. The summed E-state index contributed by atoms with van der Waals surface area (Å²) in [5.74, 6) is 0.787. The fraction of sp³-hybridized carbons (Fsp3) is 0.500. The molecule has 0 bridgehead atoms. The summed E-state index contributed by atoms with van der Waals surface area (Å²) in [6.07, 6.45) is 7.75. The van der Waals surface area contributed by atoms with Gasteiger partial charge in [0, 0.05) is 30.3 Å². The third-order valence-corrected chi connectivity index (χ3v) is 5.84. The maximum atomic E-state index is 13.5. The van der Waals surface area contributed by atoms with Crippen molar-refractivity contribution < 1.29 is 8.73 Å². The molecule has 3 aromatic heterocycles. The van der Waals surface area contributed by atoms with E-state index in [-0.39, 0.29) is 16.8 Å². The topological polar surface area (TPSA) is 104 Å². The molecule has 4 rings (SSSR count). The zero-order chi connectivity index (χ0) is 19.1. The molecule has 0 radical (unpaired) electrons. The van der Waals surface area contributed by atoms with Gasteiger partial charge in [0.1, 0.15) is 5.65 Å². The Morgan fingerprint density at radius 2 is 2.04 bits per heavy atom. The summed E-state index contributed by atoms with van der Waals surface area (Å²) in [4.78, 5) is 26.5. The summed E-state index contributed by atoms with van der Waals surface area (Å²) in [6, 6.07) is 0.0601. The van der Waals surface area contributed by atoms with Crippen LogP contribution in [0, 0.1) is 6.92 Å². The lowest BCUT2D eigenvalue weighted by Gasteiger charge is -2.19. The van der Waals surface area contributed by atoms with Gasteiger partial charge in [-0.05, 0) is 25.3 Å². The van der Waals surface area contributed by atoms with Crippen LogP contribution in [0.3, 0.4) is 0 Å². The van der Waals surface area contributed by atoms with Gasteiger partial charge in [0.2, 0.25) is 16.9 Å². The van der Waals surface area contributed by atoms with Gasteiger partial charge in [-0.3, -0.25) is 13.6 Å². The van der Waals surface area contributed by atoms with Crippen LogP contribution in [0.1, 0.15) is 50.1 Å². The average Bonchev–Trinajstić information content (AvgIpc) is 3.33. The van der Waals surface area contributed by atoms with E-state index in [1.807, 2.05) is 13.8 Å². The van der Waals surface area contributed by atoms with Crippen LogP contribution < -0.4 is 5.56 Å². The minimum absolute atomic E-state index is 0.0601. The van der Waals surface area contributed by atoms with Crippen molar-refractivity contribution in [1.82, 2.24) is 24.7 Å². The van der Waals surface area contributed by atoms with Crippen molar-refractivity contribution in [2.45, 2.75) is 57.1 Å². The highest BCUT2D eigenvalue weighted by Crippen LogP contribution is 2.33. The van der Waals surface area contributed by atoms with Crippen molar-refractivity contribution in [1.29, 1.82) is 0 Å². The van der Waals surface area contributed by atoms with E-state index in [4.69, 9.17) is 4.52 Å². The largest absolute Gasteiger partial charge is 0.339 e. The molecule has 142 valence electrons. The highest BCUT2D eigenvalue weighted by Gasteiger charge is 2.27. The van der Waals surface area contributed by atoms with Crippen molar-refractivity contribution in [2.24, 2.45) is 0 Å². The van der Waals surface area contributed by atoms with Crippen LogP contribution in [-0.4, -0.2) is 35.1 Å². The molecule has 0 amide bonds. The Morgan fingerprint density at radius 1 is 1.30 bits per heavy atom. The second-order valence-corrected chi connectivity index (χ2v) is 8.10. The number of hydrogen-bond acceptors (Lipinski definition) is 7. The monoisotopic (exact) mass is 387 g/mol. The van der Waals surface area contributed by atoms with Gasteiger partial charge in [-0.1, -0.05) is 24.9 Å². The van der Waals surface area contributed by atoms with Gasteiger partial charge in [-0.2, -0.15) is 4.98 Å². The summed E-state index contributed by atoms with van der Waals surface area (Å²) < 4.78 is 18.8. The van der Waals surface area contributed by atoms with Crippen LogP contribution >= 0.6 is 0 Å². The van der Waals surface area contributed by atoms with Crippen LogP contribution in [0.15, 0.2) is 20.7 Å². The number of aryl methyl sites for hydroxylation is 2. The second-order valence-electron chi connectivity index (χ2n) is 6.82. The molecule has 1 saturated carbocycles. The summed E-state index contributed by atoms with van der Waals surface area (Å²) in [5.41, 5.74) is 1.49. The first kappa shape index (κ1) is 18.0. The molecule has 0 aromatic carbocycles. The number of nitrogens with zero attached hydrogens (tertiary/aromatic N) is 5. The third kappa shape index (κ3) is 2.99. The highest BCUT2D eigenvalue weighted by atomic mass is 32.2. The third-order valence-electron chi connectivity index (χ3n) is 5.13. The minimum atomic E-state index is -1.32. The van der Waals surface area contributed by atoms with Gasteiger partial charge >= 0.3 is 0 Å². The van der Waals surface area contributed by atoms with Crippen LogP contribution in [0.2, 0.25) is 0 Å². The summed E-state index contributed by atoms with van der Waals surface area (Å²) in [7, 11) is -1.32. The van der Waals surface area contributed by atoms with Gasteiger partial charge < -0.3 is 4.52 Å². The first-order chi connectivity index (χ1) is 13.0. The molecule has 0 saturated heterocycles. The van der Waals surface area contributed by atoms with Crippen molar-refractivity contribution in [3.05, 3.63) is 28.0 Å². The summed E-state index contributed by atoms with van der Waals surface area (Å²) >= 11 is 0. The number of hydrogen-bond donors (Lipinski definition) is 0. The van der Waals surface area contributed by atoms with Gasteiger partial charge in [0.15, 0.2) is 0 Å². The Balaban J connectivity index is 2.06. The van der Waals surface area contributed by atoms with E-state index in [0.29, 0.717) is 34.9 Å². The van der Waals surface area contributed by atoms with E-state index in [1.54, 1.807) is 10.8 Å². The lowest BCUT2D eigenvalue weighted by molar-refractivity contribution is 0.382. The van der Waals surface area contributed by atoms with Gasteiger partial charge in [0.05, 0.1) is 16.4 Å². The molecule has 0 aliphatic heterocycles. The van der Waals surface area contributed by atoms with E-state index < -0.39 is 10.8 Å². The Morgan fingerprint density at radius 3 is 2.67 bits per heavy atom. The van der Waals surface area contributed by atoms with E-state index in [2.05, 4.69) is 20.1 Å². The smallest absolute Gasteiger partial charge is 0.263 e. The van der Waals surface area contributed by atoms with Gasteiger partial charge in [0.25, 0.3) is 5.56 Å². The lowest BCUT2D eigenvalue weighted by Crippen LogP contribution is -2.27. The molecule has 1 fully saturated rings. The molecule has 3 heterocycles. The predicted octanol–water partition coefficient (Wildman–Crippen LogP) is 2.56. The molecule has 0 N–H and O–H groups in total. The second kappa shape index (κ2) is 6.95. The van der Waals surface area contributed by atoms with Crippen molar-refractivity contribution in [3.63, 3.8) is 0 Å². The maximum absolute atomic E-state index is 13.5. The van der Waals surface area contributed by atoms with E-state index in [0.717, 1.165) is 31.1 Å². The van der Waals surface area contributed by atoms with E-state index >= 15 is 0 Å². The fourth-order valence-electron chi connectivity index (χ4n) is 3.72. The standard InChI is InChI=1S/C18H21N5O3S/c1-4-13-20-15(22-26-13)14-10(2)12-9-19-18(27(3)25)21-16(12)23(17(14)24)11-7-5-6-8-11/h9,11H,4-8H2,1-3H3. The molecule has 1 unspecified atom stereocenters. The number of aromatic nitrogens is 5. The number of pyridine rings is 1. The molecule has 1 aliphatic rings. The predicted molar refractivity (Wildman–Crippen MR) is 101 cm³/mol. The van der Waals surface area contributed by atoms with Crippen molar-refractivity contribution in [3.8, 4) is 11.4 Å². The Labute approximate surface area is 158 Å². The Kier molecular flexibility index (Phi) is 4.63. The van der Waals surface area contributed by atoms with Crippen LogP contribution in [0.4, 0.5) is 0 Å². The molecular weight excluding hydrogens is 366 g/mol. The molecule has 27 heavy (non-hydrogen) atoms. The summed E-state index contributed by atoms with van der Waals surface area (Å²) in [5, 5.41) is 4.98.